The lowest BCUT2D eigenvalue weighted by atomic mass is 10.2. The number of nitrogens with two attached hydrogens (primary N) is 1. The number of aromatic nitrogens is 2. The van der Waals surface area contributed by atoms with Gasteiger partial charge in [0, 0.05) is 7.05 Å². The fourth-order valence-electron chi connectivity index (χ4n) is 2.93. The van der Waals surface area contributed by atoms with Crippen molar-refractivity contribution in [3.8, 4) is 11.4 Å². The number of halogens is 4. The van der Waals surface area contributed by atoms with Gasteiger partial charge >= 0.3 is 12.2 Å². The minimum absolute atomic E-state index is 0.0439. The van der Waals surface area contributed by atoms with Gasteiger partial charge < -0.3 is 10.5 Å². The highest BCUT2D eigenvalue weighted by Gasteiger charge is 2.32. The van der Waals surface area contributed by atoms with Crippen LogP contribution in [-0.2, 0) is 6.18 Å². The molecule has 3 rings (SSSR count). The van der Waals surface area contributed by atoms with E-state index in [-0.39, 0.29) is 16.4 Å². The highest BCUT2D eigenvalue weighted by molar-refractivity contribution is 6.33. The first-order valence-corrected chi connectivity index (χ1v) is 9.35. The lowest BCUT2D eigenvalue weighted by Crippen LogP contribution is -2.48. The molecule has 2 amide bonds. The zero-order valence-corrected chi connectivity index (χ0v) is 17.6. The number of amides is 2. The second-order valence-corrected chi connectivity index (χ2v) is 6.86. The molecule has 2 aromatic carbocycles. The van der Waals surface area contributed by atoms with Gasteiger partial charge in [0.15, 0.2) is 0 Å². The average Bonchev–Trinajstić information content (AvgIpc) is 2.75. The second-order valence-electron chi connectivity index (χ2n) is 6.48. The van der Waals surface area contributed by atoms with E-state index in [1.54, 1.807) is 24.3 Å². The van der Waals surface area contributed by atoms with Crippen LogP contribution in [0.4, 0.5) is 29.3 Å². The molecule has 12 heteroatoms. The zero-order chi connectivity index (χ0) is 23.6. The molecule has 0 aliphatic carbocycles. The second kappa shape index (κ2) is 8.79. The number of alkyl halides is 3. The molecule has 0 radical (unpaired) electrons. The molecular weight excluding hydrogens is 451 g/mol. The third-order valence-electron chi connectivity index (χ3n) is 4.49. The van der Waals surface area contributed by atoms with Gasteiger partial charge in [0.05, 0.1) is 30.2 Å². The van der Waals surface area contributed by atoms with Crippen LogP contribution >= 0.6 is 11.6 Å². The molecule has 1 aromatic heterocycles. The molecule has 0 unspecified atom stereocenters. The van der Waals surface area contributed by atoms with Crippen molar-refractivity contribution in [3.63, 3.8) is 0 Å². The summed E-state index contributed by atoms with van der Waals surface area (Å²) < 4.78 is 45.4. The number of urea groups is 1. The molecule has 0 aliphatic rings. The summed E-state index contributed by atoms with van der Waals surface area (Å²) in [5.41, 5.74) is 3.90. The molecule has 2 N–H and O–H groups in total. The minimum atomic E-state index is -4.63. The molecule has 1 heterocycles. The van der Waals surface area contributed by atoms with Gasteiger partial charge in [0.2, 0.25) is 0 Å². The van der Waals surface area contributed by atoms with Gasteiger partial charge in [-0.05, 0) is 42.5 Å². The first-order chi connectivity index (χ1) is 15.0. The molecule has 0 atom stereocenters. The van der Waals surface area contributed by atoms with Crippen LogP contribution in [0.3, 0.4) is 0 Å². The summed E-state index contributed by atoms with van der Waals surface area (Å²) in [6, 6.07) is 9.33. The van der Waals surface area contributed by atoms with Gasteiger partial charge in [0.25, 0.3) is 5.56 Å². The first kappa shape index (κ1) is 22.9. The standard InChI is InChI=1S/C20H17ClF3N5O3/c1-27(29(19(25)31)14-5-3-4-12(10-14)20(22,23)24)16-11-26-28(18(30)17(16)21)13-6-8-15(32-2)9-7-13/h3-11H,1-2H3,(H2,25,31). The van der Waals surface area contributed by atoms with Crippen LogP contribution in [-0.4, -0.2) is 30.0 Å². The topological polar surface area (TPSA) is 93.7 Å². The lowest BCUT2D eigenvalue weighted by molar-refractivity contribution is -0.137. The van der Waals surface area contributed by atoms with E-state index in [0.29, 0.717) is 11.4 Å². The highest BCUT2D eigenvalue weighted by Crippen LogP contribution is 2.33. The fourth-order valence-corrected chi connectivity index (χ4v) is 3.18. The largest absolute Gasteiger partial charge is 0.497 e. The van der Waals surface area contributed by atoms with Crippen LogP contribution in [0.15, 0.2) is 59.5 Å². The van der Waals surface area contributed by atoms with Crippen molar-refractivity contribution in [3.05, 3.63) is 75.7 Å². The number of anilines is 2. The Kier molecular flexibility index (Phi) is 6.30. The van der Waals surface area contributed by atoms with E-state index in [1.165, 1.54) is 26.4 Å². The van der Waals surface area contributed by atoms with Crippen molar-refractivity contribution in [2.75, 3.05) is 24.2 Å². The van der Waals surface area contributed by atoms with E-state index in [2.05, 4.69) is 5.10 Å². The van der Waals surface area contributed by atoms with Crippen LogP contribution < -0.4 is 26.0 Å². The fraction of sp³-hybridized carbons (Fsp3) is 0.150. The maximum atomic E-state index is 13.1. The normalized spacial score (nSPS) is 11.2. The molecule has 0 fully saturated rings. The molecule has 32 heavy (non-hydrogen) atoms. The Hall–Kier alpha value is -3.73. The van der Waals surface area contributed by atoms with Crippen molar-refractivity contribution in [1.82, 2.24) is 9.78 Å². The molecular formula is C20H17ClF3N5O3. The summed E-state index contributed by atoms with van der Waals surface area (Å²) in [6.45, 7) is 0. The van der Waals surface area contributed by atoms with Crippen LogP contribution in [0.25, 0.3) is 5.69 Å². The Labute approximate surface area is 185 Å². The van der Waals surface area contributed by atoms with Crippen LogP contribution in [0.1, 0.15) is 5.56 Å². The zero-order valence-electron chi connectivity index (χ0n) is 16.8. The number of methoxy groups -OCH3 is 1. The maximum absolute atomic E-state index is 13.1. The Balaban J connectivity index is 2.03. The van der Waals surface area contributed by atoms with E-state index in [1.807, 2.05) is 0 Å². The van der Waals surface area contributed by atoms with E-state index in [9.17, 15) is 22.8 Å². The van der Waals surface area contributed by atoms with Gasteiger partial charge in [0.1, 0.15) is 16.5 Å². The lowest BCUT2D eigenvalue weighted by Gasteiger charge is -2.32. The van der Waals surface area contributed by atoms with Crippen molar-refractivity contribution < 1.29 is 22.7 Å². The van der Waals surface area contributed by atoms with Crippen LogP contribution in [0.2, 0.25) is 5.02 Å². The van der Waals surface area contributed by atoms with Crippen molar-refractivity contribution in [1.29, 1.82) is 0 Å². The van der Waals surface area contributed by atoms with Crippen LogP contribution in [0.5, 0.6) is 5.75 Å². The van der Waals surface area contributed by atoms with E-state index >= 15 is 0 Å². The van der Waals surface area contributed by atoms with Gasteiger partial charge in [-0.3, -0.25) is 9.80 Å². The summed E-state index contributed by atoms with van der Waals surface area (Å²) in [5.74, 6) is 0.572. The van der Waals surface area contributed by atoms with Crippen molar-refractivity contribution in [2.24, 2.45) is 5.73 Å². The smallest absolute Gasteiger partial charge is 0.416 e. The number of carbonyl (C=O) groups is 1. The molecule has 3 aromatic rings. The minimum Gasteiger partial charge on any atom is -0.497 e. The number of rotatable bonds is 5. The first-order valence-electron chi connectivity index (χ1n) is 8.97. The van der Waals surface area contributed by atoms with Crippen molar-refractivity contribution >= 4 is 29.0 Å². The summed E-state index contributed by atoms with van der Waals surface area (Å²) >= 11 is 6.24. The number of ether oxygens (including phenoxy) is 1. The summed E-state index contributed by atoms with van der Waals surface area (Å²) in [4.78, 5) is 24.9. The van der Waals surface area contributed by atoms with Crippen molar-refractivity contribution in [2.45, 2.75) is 6.18 Å². The molecule has 0 saturated carbocycles. The van der Waals surface area contributed by atoms with E-state index in [0.717, 1.165) is 32.9 Å². The van der Waals surface area contributed by atoms with E-state index in [4.69, 9.17) is 22.1 Å². The third-order valence-corrected chi connectivity index (χ3v) is 4.85. The summed E-state index contributed by atoms with van der Waals surface area (Å²) in [7, 11) is 2.81. The number of carbonyl (C=O) groups excluding carboxylic acids is 1. The Morgan fingerprint density at radius 1 is 1.19 bits per heavy atom. The Morgan fingerprint density at radius 3 is 2.41 bits per heavy atom. The third kappa shape index (κ3) is 4.47. The molecule has 0 bridgehead atoms. The average molecular weight is 468 g/mol. The Bertz CT molecular complexity index is 1200. The highest BCUT2D eigenvalue weighted by atomic mass is 35.5. The predicted octanol–water partition coefficient (Wildman–Crippen LogP) is 3.85. The summed E-state index contributed by atoms with van der Waals surface area (Å²) in [5, 5.41) is 5.53. The number of primary amides is 1. The monoisotopic (exact) mass is 467 g/mol. The number of hydrazine groups is 1. The SMILES string of the molecule is COc1ccc(-n2ncc(N(C)N(C(N)=O)c3cccc(C(F)(F)F)c3)c(Cl)c2=O)cc1. The van der Waals surface area contributed by atoms with Gasteiger partial charge in [-0.15, -0.1) is 0 Å². The van der Waals surface area contributed by atoms with Gasteiger partial charge in [-0.25, -0.2) is 9.80 Å². The quantitative estimate of drug-likeness (QED) is 0.575. The van der Waals surface area contributed by atoms with E-state index < -0.39 is 23.3 Å². The molecule has 0 saturated heterocycles. The number of nitrogens with zero attached hydrogens (tertiary/aromatic N) is 4. The molecule has 8 nitrogen and oxygen atoms in total. The number of hydrogen-bond acceptors (Lipinski definition) is 5. The van der Waals surface area contributed by atoms with Gasteiger partial charge in [-0.2, -0.15) is 23.0 Å². The van der Waals surface area contributed by atoms with Crippen LogP contribution in [0, 0.1) is 0 Å². The molecule has 0 spiro atoms. The molecule has 0 aliphatic heterocycles. The number of benzene rings is 2. The maximum Gasteiger partial charge on any atom is 0.416 e. The van der Waals surface area contributed by atoms with Gasteiger partial charge in [-0.1, -0.05) is 17.7 Å². The predicted molar refractivity (Wildman–Crippen MR) is 113 cm³/mol. The summed E-state index contributed by atoms with van der Waals surface area (Å²) in [6.07, 6.45) is -3.44. The number of hydrogen-bond donors (Lipinski definition) is 1. The Morgan fingerprint density at radius 2 is 1.84 bits per heavy atom. The molecule has 168 valence electrons.